The zero-order valence-corrected chi connectivity index (χ0v) is 18.1. The number of benzene rings is 3. The average Bonchev–Trinajstić information content (AvgIpc) is 3.11. The summed E-state index contributed by atoms with van der Waals surface area (Å²) in [6.45, 7) is 1.80. The number of hydrogen-bond donors (Lipinski definition) is 3. The minimum Gasteiger partial charge on any atom is -0.481 e. The maximum atomic E-state index is 12.5. The number of fused-ring (bicyclic) bond motifs is 3. The van der Waals surface area contributed by atoms with Crippen molar-refractivity contribution in [3.63, 3.8) is 0 Å². The van der Waals surface area contributed by atoms with Gasteiger partial charge in [-0.3, -0.25) is 14.9 Å². The van der Waals surface area contributed by atoms with E-state index in [0.29, 0.717) is 11.3 Å². The second-order valence-electron chi connectivity index (χ2n) is 8.00. The highest BCUT2D eigenvalue weighted by molar-refractivity contribution is 5.96. The van der Waals surface area contributed by atoms with Gasteiger partial charge in [0.2, 0.25) is 0 Å². The van der Waals surface area contributed by atoms with E-state index in [9.17, 15) is 14.4 Å². The van der Waals surface area contributed by atoms with E-state index in [4.69, 9.17) is 9.84 Å². The standard InChI is InChI=1S/C26H24N2O5/c1-16(13-24(29)30)27-25(31)17-7-6-8-18(14-17)28-26(32)33-15-23-21-11-4-2-9-19(21)20-10-3-5-12-22(20)23/h2-12,14,16,23H,13,15H2,1H3,(H,27,31)(H,28,32)(H,29,30). The first-order chi connectivity index (χ1) is 15.9. The fourth-order valence-electron chi connectivity index (χ4n) is 4.11. The van der Waals surface area contributed by atoms with E-state index in [1.54, 1.807) is 25.1 Å². The minimum atomic E-state index is -0.992. The molecule has 0 bridgehead atoms. The lowest BCUT2D eigenvalue weighted by Crippen LogP contribution is -2.34. The minimum absolute atomic E-state index is 0.0454. The molecule has 1 unspecified atom stereocenters. The average molecular weight is 444 g/mol. The summed E-state index contributed by atoms with van der Waals surface area (Å²) in [7, 11) is 0. The summed E-state index contributed by atoms with van der Waals surface area (Å²) in [6, 6.07) is 22.1. The van der Waals surface area contributed by atoms with Crippen LogP contribution in [0.2, 0.25) is 0 Å². The Kier molecular flexibility index (Phi) is 6.40. The molecule has 0 fully saturated rings. The van der Waals surface area contributed by atoms with Gasteiger partial charge in [-0.05, 0) is 47.4 Å². The van der Waals surface area contributed by atoms with Gasteiger partial charge in [0.1, 0.15) is 6.61 Å². The van der Waals surface area contributed by atoms with Crippen molar-refractivity contribution in [2.45, 2.75) is 25.3 Å². The molecule has 0 heterocycles. The van der Waals surface area contributed by atoms with E-state index in [2.05, 4.69) is 34.9 Å². The van der Waals surface area contributed by atoms with Crippen molar-refractivity contribution in [1.29, 1.82) is 0 Å². The lowest BCUT2D eigenvalue weighted by molar-refractivity contribution is -0.137. The number of hydrogen-bond acceptors (Lipinski definition) is 4. The highest BCUT2D eigenvalue weighted by atomic mass is 16.5. The van der Waals surface area contributed by atoms with Crippen LogP contribution in [0.25, 0.3) is 11.1 Å². The highest BCUT2D eigenvalue weighted by Gasteiger charge is 2.29. The summed E-state index contributed by atoms with van der Waals surface area (Å²) in [4.78, 5) is 35.6. The molecule has 3 aromatic carbocycles. The number of carbonyl (C=O) groups excluding carboxylic acids is 2. The molecule has 0 aromatic heterocycles. The monoisotopic (exact) mass is 444 g/mol. The Morgan fingerprint density at radius 3 is 2.21 bits per heavy atom. The fourth-order valence-corrected chi connectivity index (χ4v) is 4.11. The van der Waals surface area contributed by atoms with Crippen LogP contribution in [0.3, 0.4) is 0 Å². The number of ether oxygens (including phenoxy) is 1. The molecule has 1 aliphatic rings. The molecule has 2 amide bonds. The summed E-state index contributed by atoms with van der Waals surface area (Å²) in [6.07, 6.45) is -0.794. The molecule has 0 spiro atoms. The molecule has 0 saturated heterocycles. The molecule has 33 heavy (non-hydrogen) atoms. The van der Waals surface area contributed by atoms with Crippen LogP contribution in [0, 0.1) is 0 Å². The summed E-state index contributed by atoms with van der Waals surface area (Å²) >= 11 is 0. The molecular formula is C26H24N2O5. The first-order valence-electron chi connectivity index (χ1n) is 10.7. The third-order valence-corrected chi connectivity index (χ3v) is 5.57. The third-order valence-electron chi connectivity index (χ3n) is 5.57. The Bertz CT molecular complexity index is 1160. The van der Waals surface area contributed by atoms with Crippen molar-refractivity contribution >= 4 is 23.7 Å². The maximum absolute atomic E-state index is 12.5. The Morgan fingerprint density at radius 2 is 1.58 bits per heavy atom. The zero-order valence-electron chi connectivity index (χ0n) is 18.1. The third kappa shape index (κ3) is 5.03. The molecule has 0 aliphatic heterocycles. The zero-order chi connectivity index (χ0) is 23.4. The van der Waals surface area contributed by atoms with E-state index < -0.39 is 24.0 Å². The van der Waals surface area contributed by atoms with Gasteiger partial charge in [-0.2, -0.15) is 0 Å². The van der Waals surface area contributed by atoms with Gasteiger partial charge in [0.05, 0.1) is 6.42 Å². The quantitative estimate of drug-likeness (QED) is 0.492. The van der Waals surface area contributed by atoms with E-state index >= 15 is 0 Å². The maximum Gasteiger partial charge on any atom is 0.411 e. The van der Waals surface area contributed by atoms with Gasteiger partial charge in [0.25, 0.3) is 5.91 Å². The number of nitrogens with one attached hydrogen (secondary N) is 2. The predicted octanol–water partition coefficient (Wildman–Crippen LogP) is 4.64. The second kappa shape index (κ2) is 9.56. The molecule has 7 nitrogen and oxygen atoms in total. The normalized spacial score (nSPS) is 12.9. The van der Waals surface area contributed by atoms with Crippen molar-refractivity contribution < 1.29 is 24.2 Å². The van der Waals surface area contributed by atoms with Crippen LogP contribution in [0.15, 0.2) is 72.8 Å². The number of aliphatic carboxylic acids is 1. The van der Waals surface area contributed by atoms with Gasteiger partial charge in [0.15, 0.2) is 0 Å². The number of anilines is 1. The van der Waals surface area contributed by atoms with E-state index in [0.717, 1.165) is 22.3 Å². The van der Waals surface area contributed by atoms with Crippen molar-refractivity contribution in [1.82, 2.24) is 5.32 Å². The number of carbonyl (C=O) groups is 3. The van der Waals surface area contributed by atoms with Gasteiger partial charge >= 0.3 is 12.1 Å². The van der Waals surface area contributed by atoms with Crippen LogP contribution in [0.5, 0.6) is 0 Å². The molecule has 0 saturated carbocycles. The molecule has 1 atom stereocenters. The van der Waals surface area contributed by atoms with Crippen molar-refractivity contribution in [2.24, 2.45) is 0 Å². The SMILES string of the molecule is CC(CC(=O)O)NC(=O)c1cccc(NC(=O)OCC2c3ccccc3-c3ccccc32)c1. The Balaban J connectivity index is 1.39. The van der Waals surface area contributed by atoms with Crippen molar-refractivity contribution in [2.75, 3.05) is 11.9 Å². The van der Waals surface area contributed by atoms with Gasteiger partial charge in [-0.15, -0.1) is 0 Å². The molecule has 1 aliphatic carbocycles. The number of amides is 2. The van der Waals surface area contributed by atoms with E-state index in [1.807, 2.05) is 24.3 Å². The van der Waals surface area contributed by atoms with Crippen LogP contribution in [-0.2, 0) is 9.53 Å². The number of carboxylic acids is 1. The summed E-state index contributed by atoms with van der Waals surface area (Å²) in [5, 5.41) is 14.1. The predicted molar refractivity (Wildman–Crippen MR) is 124 cm³/mol. The van der Waals surface area contributed by atoms with Crippen LogP contribution in [0.4, 0.5) is 10.5 Å². The number of rotatable bonds is 7. The molecule has 3 aromatic rings. The van der Waals surface area contributed by atoms with Gasteiger partial charge in [-0.25, -0.2) is 4.79 Å². The molecule has 3 N–H and O–H groups in total. The molecule has 168 valence electrons. The summed E-state index contributed by atoms with van der Waals surface area (Å²) < 4.78 is 5.54. The Morgan fingerprint density at radius 1 is 0.939 bits per heavy atom. The molecule has 4 rings (SSSR count). The second-order valence-corrected chi connectivity index (χ2v) is 8.00. The van der Waals surface area contributed by atoms with Gasteiger partial charge < -0.3 is 15.2 Å². The van der Waals surface area contributed by atoms with E-state index in [1.165, 1.54) is 6.07 Å². The van der Waals surface area contributed by atoms with Crippen LogP contribution >= 0.6 is 0 Å². The molecule has 7 heteroatoms. The Labute approximate surface area is 191 Å². The largest absolute Gasteiger partial charge is 0.481 e. The summed E-state index contributed by atoms with van der Waals surface area (Å²) in [5.41, 5.74) is 5.27. The Hall–Kier alpha value is -4.13. The van der Waals surface area contributed by atoms with Crippen LogP contribution in [-0.4, -0.2) is 35.7 Å². The lowest BCUT2D eigenvalue weighted by atomic mass is 9.98. The van der Waals surface area contributed by atoms with E-state index in [-0.39, 0.29) is 18.9 Å². The van der Waals surface area contributed by atoms with Crippen LogP contribution < -0.4 is 10.6 Å². The fraction of sp³-hybridized carbons (Fsp3) is 0.192. The topological polar surface area (TPSA) is 105 Å². The van der Waals surface area contributed by atoms with Gasteiger partial charge in [0, 0.05) is 23.2 Å². The van der Waals surface area contributed by atoms with Crippen molar-refractivity contribution in [3.8, 4) is 11.1 Å². The first kappa shape index (κ1) is 22.1. The molecule has 0 radical (unpaired) electrons. The van der Waals surface area contributed by atoms with Gasteiger partial charge in [-0.1, -0.05) is 54.6 Å². The van der Waals surface area contributed by atoms with Crippen molar-refractivity contribution in [3.05, 3.63) is 89.5 Å². The summed E-state index contributed by atoms with van der Waals surface area (Å²) in [5.74, 6) is -1.45. The number of carboxylic acid groups (broad SMARTS) is 1. The van der Waals surface area contributed by atoms with Crippen LogP contribution in [0.1, 0.15) is 40.7 Å². The smallest absolute Gasteiger partial charge is 0.411 e. The highest BCUT2D eigenvalue weighted by Crippen LogP contribution is 2.44. The first-order valence-corrected chi connectivity index (χ1v) is 10.7. The molecular weight excluding hydrogens is 420 g/mol. The lowest BCUT2D eigenvalue weighted by Gasteiger charge is -2.15.